The second-order valence-electron chi connectivity index (χ2n) is 3.93. The molecule has 0 radical (unpaired) electrons. The fourth-order valence-corrected chi connectivity index (χ4v) is 3.21. The monoisotopic (exact) mass is 226 g/mol. The molecule has 84 valence electrons. The number of carbonyl (C=O) groups is 1. The molecule has 1 fully saturated rings. The summed E-state index contributed by atoms with van der Waals surface area (Å²) in [7, 11) is 0. The van der Waals surface area contributed by atoms with Gasteiger partial charge in [-0.15, -0.1) is 6.42 Å². The molecule has 2 atom stereocenters. The van der Waals surface area contributed by atoms with Crippen LogP contribution in [-0.2, 0) is 4.79 Å². The van der Waals surface area contributed by atoms with Gasteiger partial charge in [0.15, 0.2) is 0 Å². The Morgan fingerprint density at radius 3 is 2.67 bits per heavy atom. The number of amides is 1. The molecule has 0 aromatic carbocycles. The van der Waals surface area contributed by atoms with Crippen LogP contribution in [0.3, 0.4) is 0 Å². The largest absolute Gasteiger partial charge is 0.344 e. The summed E-state index contributed by atoms with van der Waals surface area (Å²) in [6, 6.07) is 0. The van der Waals surface area contributed by atoms with Crippen LogP contribution in [0.15, 0.2) is 0 Å². The van der Waals surface area contributed by atoms with Gasteiger partial charge < -0.3 is 5.32 Å². The molecule has 1 aliphatic heterocycles. The molecule has 0 spiro atoms. The number of hydrogen-bond acceptors (Lipinski definition) is 3. The molecule has 15 heavy (non-hydrogen) atoms. The first-order chi connectivity index (χ1) is 7.11. The molecule has 1 N–H and O–H groups in total. The number of carbonyl (C=O) groups excluding carboxylic acids is 1. The van der Waals surface area contributed by atoms with Gasteiger partial charge in [-0.05, 0) is 0 Å². The molecule has 1 rings (SSSR count). The van der Waals surface area contributed by atoms with Crippen LogP contribution in [0, 0.1) is 12.3 Å². The Kier molecular flexibility index (Phi) is 5.00. The van der Waals surface area contributed by atoms with Gasteiger partial charge in [0.25, 0.3) is 0 Å². The predicted octanol–water partition coefficient (Wildman–Crippen LogP) is 0.562. The van der Waals surface area contributed by atoms with Gasteiger partial charge in [0.1, 0.15) is 0 Å². The first kappa shape index (κ1) is 12.4. The van der Waals surface area contributed by atoms with Gasteiger partial charge in [-0.25, -0.2) is 0 Å². The van der Waals surface area contributed by atoms with Crippen LogP contribution in [0.25, 0.3) is 0 Å². The second kappa shape index (κ2) is 6.04. The molecular weight excluding hydrogens is 208 g/mol. The highest BCUT2D eigenvalue weighted by atomic mass is 32.2. The molecule has 0 bridgehead atoms. The van der Waals surface area contributed by atoms with E-state index in [1.807, 2.05) is 11.8 Å². The molecule has 0 aliphatic carbocycles. The lowest BCUT2D eigenvalue weighted by molar-refractivity contribution is -0.122. The van der Waals surface area contributed by atoms with E-state index < -0.39 is 0 Å². The summed E-state index contributed by atoms with van der Waals surface area (Å²) >= 11 is 1.98. The highest BCUT2D eigenvalue weighted by Gasteiger charge is 2.23. The summed E-state index contributed by atoms with van der Waals surface area (Å²) < 4.78 is 0. The molecule has 0 aromatic heterocycles. The van der Waals surface area contributed by atoms with Crippen LogP contribution in [0.2, 0.25) is 0 Å². The number of nitrogens with one attached hydrogen (secondary N) is 1. The number of rotatable bonds is 3. The summed E-state index contributed by atoms with van der Waals surface area (Å²) in [6.45, 7) is 7.17. The quantitative estimate of drug-likeness (QED) is 0.714. The number of thioether (sulfide) groups is 1. The fourth-order valence-electron chi connectivity index (χ4n) is 1.82. The predicted molar refractivity (Wildman–Crippen MR) is 64.8 cm³/mol. The van der Waals surface area contributed by atoms with E-state index in [1.165, 1.54) is 0 Å². The van der Waals surface area contributed by atoms with Gasteiger partial charge >= 0.3 is 0 Å². The molecule has 0 saturated carbocycles. The third-order valence-corrected chi connectivity index (χ3v) is 3.48. The van der Waals surface area contributed by atoms with Crippen molar-refractivity contribution in [1.82, 2.24) is 10.2 Å². The topological polar surface area (TPSA) is 32.3 Å². The normalized spacial score (nSPS) is 27.0. The first-order valence-corrected chi connectivity index (χ1v) is 6.14. The van der Waals surface area contributed by atoms with E-state index in [1.54, 1.807) is 0 Å². The van der Waals surface area contributed by atoms with Crippen LogP contribution >= 0.6 is 11.8 Å². The van der Waals surface area contributed by atoms with Crippen molar-refractivity contribution in [1.29, 1.82) is 0 Å². The van der Waals surface area contributed by atoms with Gasteiger partial charge in [0, 0.05) is 23.6 Å². The van der Waals surface area contributed by atoms with Gasteiger partial charge in [-0.1, -0.05) is 19.8 Å². The van der Waals surface area contributed by atoms with Crippen LogP contribution < -0.4 is 5.32 Å². The summed E-state index contributed by atoms with van der Waals surface area (Å²) in [5.41, 5.74) is 0. The Hall–Kier alpha value is -0.660. The average molecular weight is 226 g/mol. The second-order valence-corrected chi connectivity index (χ2v) is 5.81. The Morgan fingerprint density at radius 2 is 2.13 bits per heavy atom. The van der Waals surface area contributed by atoms with E-state index in [9.17, 15) is 4.79 Å². The minimum absolute atomic E-state index is 0.0271. The maximum atomic E-state index is 11.4. The number of nitrogens with zero attached hydrogens (tertiary/aromatic N) is 1. The van der Waals surface area contributed by atoms with Crippen molar-refractivity contribution in [3.63, 3.8) is 0 Å². The minimum Gasteiger partial charge on any atom is -0.344 e. The lowest BCUT2D eigenvalue weighted by Crippen LogP contribution is -2.45. The van der Waals surface area contributed by atoms with Crippen LogP contribution in [0.4, 0.5) is 0 Å². The molecule has 2 unspecified atom stereocenters. The maximum Gasteiger partial charge on any atom is 0.234 e. The van der Waals surface area contributed by atoms with Gasteiger partial charge in [-0.3, -0.25) is 9.69 Å². The Labute approximate surface area is 96.0 Å². The molecule has 1 aliphatic rings. The van der Waals surface area contributed by atoms with Crippen LogP contribution in [-0.4, -0.2) is 47.5 Å². The fraction of sp³-hybridized carbons (Fsp3) is 0.727. The van der Waals surface area contributed by atoms with Crippen molar-refractivity contribution in [2.24, 2.45) is 0 Å². The van der Waals surface area contributed by atoms with E-state index in [0.717, 1.165) is 13.1 Å². The average Bonchev–Trinajstić information content (AvgIpc) is 2.13. The third kappa shape index (κ3) is 4.59. The highest BCUT2D eigenvalue weighted by Crippen LogP contribution is 2.24. The van der Waals surface area contributed by atoms with E-state index in [2.05, 4.69) is 30.0 Å². The van der Waals surface area contributed by atoms with Crippen molar-refractivity contribution >= 4 is 17.7 Å². The zero-order valence-corrected chi connectivity index (χ0v) is 10.1. The van der Waals surface area contributed by atoms with Crippen molar-refractivity contribution in [2.75, 3.05) is 26.2 Å². The van der Waals surface area contributed by atoms with Crippen LogP contribution in [0.5, 0.6) is 0 Å². The van der Waals surface area contributed by atoms with E-state index in [-0.39, 0.29) is 5.91 Å². The van der Waals surface area contributed by atoms with Gasteiger partial charge in [0.05, 0.1) is 13.1 Å². The van der Waals surface area contributed by atoms with Gasteiger partial charge in [0.2, 0.25) is 5.91 Å². The molecule has 0 aromatic rings. The van der Waals surface area contributed by atoms with Crippen molar-refractivity contribution in [2.45, 2.75) is 24.3 Å². The standard InChI is InChI=1S/C11H18N2OS/c1-4-5-12-11(14)8-13-6-9(2)15-10(3)7-13/h1,9-10H,5-8H2,2-3H3,(H,12,14). The molecule has 3 nitrogen and oxygen atoms in total. The maximum absolute atomic E-state index is 11.4. The summed E-state index contributed by atoms with van der Waals surface area (Å²) in [4.78, 5) is 13.6. The summed E-state index contributed by atoms with van der Waals surface area (Å²) in [5.74, 6) is 2.43. The molecule has 1 amide bonds. The summed E-state index contributed by atoms with van der Waals surface area (Å²) in [6.07, 6.45) is 5.07. The Bertz CT molecular complexity index is 252. The Morgan fingerprint density at radius 1 is 1.53 bits per heavy atom. The first-order valence-electron chi connectivity index (χ1n) is 5.19. The minimum atomic E-state index is 0.0271. The van der Waals surface area contributed by atoms with Crippen LogP contribution in [0.1, 0.15) is 13.8 Å². The van der Waals surface area contributed by atoms with Crippen molar-refractivity contribution < 1.29 is 4.79 Å². The summed E-state index contributed by atoms with van der Waals surface area (Å²) in [5, 5.41) is 3.90. The van der Waals surface area contributed by atoms with E-state index >= 15 is 0 Å². The van der Waals surface area contributed by atoms with Gasteiger partial charge in [-0.2, -0.15) is 11.8 Å². The SMILES string of the molecule is C#CCNC(=O)CN1CC(C)SC(C)C1. The van der Waals surface area contributed by atoms with Crippen molar-refractivity contribution in [3.8, 4) is 12.3 Å². The van der Waals surface area contributed by atoms with E-state index in [4.69, 9.17) is 6.42 Å². The lowest BCUT2D eigenvalue weighted by atomic mass is 10.3. The Balaban J connectivity index is 2.31. The molecule has 1 saturated heterocycles. The van der Waals surface area contributed by atoms with E-state index in [0.29, 0.717) is 23.6 Å². The highest BCUT2D eigenvalue weighted by molar-refractivity contribution is 8.00. The lowest BCUT2D eigenvalue weighted by Gasteiger charge is -2.33. The number of terminal acetylenes is 1. The molecule has 4 heteroatoms. The van der Waals surface area contributed by atoms with Crippen molar-refractivity contribution in [3.05, 3.63) is 0 Å². The zero-order chi connectivity index (χ0) is 11.3. The molecule has 1 heterocycles. The molecular formula is C11H18N2OS. The number of hydrogen-bond donors (Lipinski definition) is 1. The third-order valence-electron chi connectivity index (χ3n) is 2.25. The smallest absolute Gasteiger partial charge is 0.234 e. The zero-order valence-electron chi connectivity index (χ0n) is 9.32.